The molecule has 1 N–H and O–H groups in total. The molecule has 2 heterocycles. The second-order valence-corrected chi connectivity index (χ2v) is 5.94. The zero-order valence-electron chi connectivity index (χ0n) is 13.1. The van der Waals surface area contributed by atoms with Gasteiger partial charge in [-0.3, -0.25) is 0 Å². The summed E-state index contributed by atoms with van der Waals surface area (Å²) in [7, 11) is 1.73. The lowest BCUT2D eigenvalue weighted by Gasteiger charge is -2.24. The molecule has 0 bridgehead atoms. The second kappa shape index (κ2) is 6.67. The molecule has 0 atom stereocenters. The summed E-state index contributed by atoms with van der Waals surface area (Å²) in [5.41, 5.74) is 1.11. The van der Waals surface area contributed by atoms with Gasteiger partial charge in [-0.2, -0.15) is 5.10 Å². The third-order valence-corrected chi connectivity index (χ3v) is 3.34. The molecule has 0 radical (unpaired) electrons. The van der Waals surface area contributed by atoms with Crippen LogP contribution in [-0.4, -0.2) is 40.2 Å². The first-order chi connectivity index (χ1) is 10.00. The van der Waals surface area contributed by atoms with Crippen LogP contribution in [0.4, 0.5) is 5.82 Å². The maximum atomic E-state index is 5.13. The van der Waals surface area contributed by atoms with Crippen LogP contribution in [0.25, 0.3) is 5.82 Å². The monoisotopic (exact) mass is 289 g/mol. The van der Waals surface area contributed by atoms with E-state index in [1.165, 1.54) is 0 Å². The van der Waals surface area contributed by atoms with Crippen LogP contribution in [0, 0.1) is 12.3 Å². The lowest BCUT2D eigenvalue weighted by molar-refractivity contribution is 0.157. The number of aryl methyl sites for hydroxylation is 1. The molecule has 21 heavy (non-hydrogen) atoms. The summed E-state index contributed by atoms with van der Waals surface area (Å²) in [5.74, 6) is 1.49. The quantitative estimate of drug-likeness (QED) is 0.848. The van der Waals surface area contributed by atoms with Crippen LogP contribution >= 0.6 is 0 Å². The number of methoxy groups -OCH3 is 1. The fourth-order valence-electron chi connectivity index (χ4n) is 1.88. The van der Waals surface area contributed by atoms with Crippen molar-refractivity contribution in [3.63, 3.8) is 0 Å². The minimum atomic E-state index is 0.148. The molecule has 0 saturated heterocycles. The average Bonchev–Trinajstić information content (AvgIpc) is 2.90. The highest BCUT2D eigenvalue weighted by atomic mass is 16.5. The van der Waals surface area contributed by atoms with Gasteiger partial charge >= 0.3 is 0 Å². The Morgan fingerprint density at radius 1 is 1.24 bits per heavy atom. The summed E-state index contributed by atoms with van der Waals surface area (Å²) in [5, 5.41) is 16.0. The molecule has 0 amide bonds. The summed E-state index contributed by atoms with van der Waals surface area (Å²) in [6.45, 7) is 7.94. The molecule has 2 rings (SSSR count). The Kier molecular flexibility index (Phi) is 4.90. The van der Waals surface area contributed by atoms with E-state index in [0.717, 1.165) is 31.1 Å². The minimum absolute atomic E-state index is 0.148. The zero-order chi connectivity index (χ0) is 15.3. The van der Waals surface area contributed by atoms with Gasteiger partial charge in [-0.15, -0.1) is 10.2 Å². The number of aromatic nitrogens is 4. The summed E-state index contributed by atoms with van der Waals surface area (Å²) in [6.07, 6.45) is 2.87. The van der Waals surface area contributed by atoms with E-state index in [2.05, 4.69) is 34.5 Å². The van der Waals surface area contributed by atoms with Crippen molar-refractivity contribution in [3.8, 4) is 5.82 Å². The molecule has 0 saturated carbocycles. The largest absolute Gasteiger partial charge is 0.385 e. The fourth-order valence-corrected chi connectivity index (χ4v) is 1.88. The number of hydrogen-bond donors (Lipinski definition) is 1. The number of anilines is 1. The smallest absolute Gasteiger partial charge is 0.175 e. The normalized spacial score (nSPS) is 11.6. The number of nitrogens with zero attached hydrogens (tertiary/aromatic N) is 4. The van der Waals surface area contributed by atoms with Crippen molar-refractivity contribution < 1.29 is 4.74 Å². The molecule has 2 aromatic heterocycles. The van der Waals surface area contributed by atoms with Gasteiger partial charge in [0.15, 0.2) is 5.82 Å². The van der Waals surface area contributed by atoms with Crippen LogP contribution in [0.3, 0.4) is 0 Å². The van der Waals surface area contributed by atoms with Crippen molar-refractivity contribution in [3.05, 3.63) is 30.1 Å². The van der Waals surface area contributed by atoms with E-state index < -0.39 is 0 Å². The summed E-state index contributed by atoms with van der Waals surface area (Å²) in [6, 6.07) is 5.77. The molecule has 0 unspecified atom stereocenters. The van der Waals surface area contributed by atoms with Crippen LogP contribution in [0.15, 0.2) is 24.4 Å². The number of rotatable bonds is 7. The predicted octanol–water partition coefficient (Wildman–Crippen LogP) is 2.45. The summed E-state index contributed by atoms with van der Waals surface area (Å²) in [4.78, 5) is 0. The van der Waals surface area contributed by atoms with Crippen molar-refractivity contribution in [2.45, 2.75) is 27.2 Å². The minimum Gasteiger partial charge on any atom is -0.385 e. The molecule has 0 aliphatic heterocycles. The lowest BCUT2D eigenvalue weighted by atomic mass is 9.90. The van der Waals surface area contributed by atoms with Gasteiger partial charge < -0.3 is 10.1 Å². The van der Waals surface area contributed by atoms with Crippen molar-refractivity contribution in [2.75, 3.05) is 25.6 Å². The second-order valence-electron chi connectivity index (χ2n) is 5.94. The third-order valence-electron chi connectivity index (χ3n) is 3.34. The molecule has 0 aliphatic rings. The summed E-state index contributed by atoms with van der Waals surface area (Å²) < 4.78 is 6.85. The molecular weight excluding hydrogens is 266 g/mol. The predicted molar refractivity (Wildman–Crippen MR) is 82.7 cm³/mol. The Labute approximate surface area is 125 Å². The van der Waals surface area contributed by atoms with Crippen molar-refractivity contribution in [2.24, 2.45) is 5.41 Å². The fraction of sp³-hybridized carbons (Fsp3) is 0.533. The molecule has 0 aliphatic carbocycles. The molecule has 0 fully saturated rings. The Balaban J connectivity index is 1.93. The highest BCUT2D eigenvalue weighted by Gasteiger charge is 2.17. The van der Waals surface area contributed by atoms with Gasteiger partial charge in [0, 0.05) is 26.5 Å². The van der Waals surface area contributed by atoms with Gasteiger partial charge in [-0.1, -0.05) is 13.8 Å². The van der Waals surface area contributed by atoms with E-state index >= 15 is 0 Å². The Hall–Kier alpha value is -1.95. The van der Waals surface area contributed by atoms with Crippen molar-refractivity contribution in [1.82, 2.24) is 20.0 Å². The van der Waals surface area contributed by atoms with Gasteiger partial charge in [0.1, 0.15) is 5.82 Å². The Morgan fingerprint density at radius 2 is 2.05 bits per heavy atom. The van der Waals surface area contributed by atoms with E-state index in [-0.39, 0.29) is 5.41 Å². The molecule has 6 nitrogen and oxygen atoms in total. The molecule has 6 heteroatoms. The number of hydrogen-bond acceptors (Lipinski definition) is 5. The van der Waals surface area contributed by atoms with Crippen LogP contribution < -0.4 is 5.32 Å². The van der Waals surface area contributed by atoms with Crippen molar-refractivity contribution >= 4 is 5.82 Å². The van der Waals surface area contributed by atoms with E-state index in [9.17, 15) is 0 Å². The highest BCUT2D eigenvalue weighted by Crippen LogP contribution is 2.20. The standard InChI is InChI=1S/C15H23N5O/c1-12-7-9-20(19-12)14-6-5-13(17-18-14)16-11-15(2,3)8-10-21-4/h5-7,9H,8,10-11H2,1-4H3,(H,16,17). The highest BCUT2D eigenvalue weighted by molar-refractivity contribution is 5.36. The molecule has 2 aromatic rings. The van der Waals surface area contributed by atoms with Crippen LogP contribution in [0.1, 0.15) is 26.0 Å². The van der Waals surface area contributed by atoms with Gasteiger partial charge in [0.2, 0.25) is 0 Å². The summed E-state index contributed by atoms with van der Waals surface area (Å²) >= 11 is 0. The maximum absolute atomic E-state index is 5.13. The maximum Gasteiger partial charge on any atom is 0.175 e. The van der Waals surface area contributed by atoms with Crippen LogP contribution in [-0.2, 0) is 4.74 Å². The first-order valence-electron chi connectivity index (χ1n) is 7.09. The van der Waals surface area contributed by atoms with E-state index in [1.54, 1.807) is 11.8 Å². The van der Waals surface area contributed by atoms with E-state index in [0.29, 0.717) is 5.82 Å². The Bertz CT molecular complexity index is 562. The van der Waals surface area contributed by atoms with E-state index in [1.807, 2.05) is 31.3 Å². The topological polar surface area (TPSA) is 64.9 Å². The van der Waals surface area contributed by atoms with Gasteiger partial charge in [-0.25, -0.2) is 4.68 Å². The molecule has 0 aromatic carbocycles. The van der Waals surface area contributed by atoms with Gasteiger partial charge in [0.05, 0.1) is 5.69 Å². The first-order valence-corrected chi connectivity index (χ1v) is 7.09. The Morgan fingerprint density at radius 3 is 2.62 bits per heavy atom. The zero-order valence-corrected chi connectivity index (χ0v) is 13.1. The van der Waals surface area contributed by atoms with Crippen molar-refractivity contribution in [1.29, 1.82) is 0 Å². The number of nitrogens with one attached hydrogen (secondary N) is 1. The first kappa shape index (κ1) is 15.4. The van der Waals surface area contributed by atoms with Gasteiger partial charge in [0.25, 0.3) is 0 Å². The average molecular weight is 289 g/mol. The lowest BCUT2D eigenvalue weighted by Crippen LogP contribution is -2.25. The number of ether oxygens (including phenoxy) is 1. The van der Waals surface area contributed by atoms with Crippen LogP contribution in [0.5, 0.6) is 0 Å². The van der Waals surface area contributed by atoms with E-state index in [4.69, 9.17) is 4.74 Å². The van der Waals surface area contributed by atoms with Gasteiger partial charge in [-0.05, 0) is 37.0 Å². The third kappa shape index (κ3) is 4.53. The SMILES string of the molecule is COCCC(C)(C)CNc1ccc(-n2ccc(C)n2)nn1. The van der Waals surface area contributed by atoms with Crippen LogP contribution in [0.2, 0.25) is 0 Å². The molecular formula is C15H23N5O. The molecule has 0 spiro atoms. The molecule has 114 valence electrons.